The zero-order chi connectivity index (χ0) is 18.6. The van der Waals surface area contributed by atoms with E-state index in [0.29, 0.717) is 6.54 Å². The molecule has 0 radical (unpaired) electrons. The summed E-state index contributed by atoms with van der Waals surface area (Å²) in [6.45, 7) is 11.6. The second-order valence-electron chi connectivity index (χ2n) is 8.34. The fraction of sp³-hybridized carbons (Fsp3) is 0.500. The third kappa shape index (κ3) is 5.29. The van der Waals surface area contributed by atoms with E-state index in [-0.39, 0.29) is 11.4 Å². The highest BCUT2D eigenvalue weighted by Gasteiger charge is 2.20. The lowest BCUT2D eigenvalue weighted by atomic mass is 10.0. The van der Waals surface area contributed by atoms with Crippen LogP contribution < -0.4 is 5.32 Å². The van der Waals surface area contributed by atoms with Gasteiger partial charge in [0.1, 0.15) is 0 Å². The van der Waals surface area contributed by atoms with Gasteiger partial charge in [-0.1, -0.05) is 42.5 Å². The topological polar surface area (TPSA) is 35.6 Å². The minimum absolute atomic E-state index is 0.125. The summed E-state index contributed by atoms with van der Waals surface area (Å²) in [7, 11) is 0. The monoisotopic (exact) mass is 353 g/mol. The first-order chi connectivity index (χ1) is 12.4. The predicted octanol–water partition coefficient (Wildman–Crippen LogP) is 3.26. The number of fused-ring (bicyclic) bond motifs is 1. The maximum atomic E-state index is 12.2. The third-order valence-corrected chi connectivity index (χ3v) is 4.84. The van der Waals surface area contributed by atoms with E-state index < -0.39 is 0 Å². The van der Waals surface area contributed by atoms with Gasteiger partial charge in [-0.2, -0.15) is 0 Å². The summed E-state index contributed by atoms with van der Waals surface area (Å²) in [6, 6.07) is 15.2. The maximum Gasteiger partial charge on any atom is 0.234 e. The number of amides is 1. The molecule has 4 heteroatoms. The van der Waals surface area contributed by atoms with E-state index in [2.05, 4.69) is 57.6 Å². The summed E-state index contributed by atoms with van der Waals surface area (Å²) >= 11 is 0. The zero-order valence-electron chi connectivity index (χ0n) is 16.3. The summed E-state index contributed by atoms with van der Waals surface area (Å²) in [6.07, 6.45) is 1.10. The average molecular weight is 354 g/mol. The van der Waals surface area contributed by atoms with E-state index in [4.69, 9.17) is 0 Å². The lowest BCUT2D eigenvalue weighted by Crippen LogP contribution is -2.46. The molecule has 140 valence electrons. The van der Waals surface area contributed by atoms with E-state index in [1.54, 1.807) is 0 Å². The van der Waals surface area contributed by atoms with Crippen molar-refractivity contribution in [1.82, 2.24) is 15.1 Å². The van der Waals surface area contributed by atoms with Crippen molar-refractivity contribution >= 4 is 16.7 Å². The molecule has 1 aliphatic heterocycles. The van der Waals surface area contributed by atoms with Gasteiger partial charge in [0.05, 0.1) is 6.54 Å². The first kappa shape index (κ1) is 18.9. The molecule has 1 amide bonds. The van der Waals surface area contributed by atoms with E-state index in [0.717, 1.165) is 39.1 Å². The molecule has 1 N–H and O–H groups in total. The van der Waals surface area contributed by atoms with Gasteiger partial charge in [0.2, 0.25) is 5.91 Å². The number of hydrogen-bond acceptors (Lipinski definition) is 3. The second-order valence-corrected chi connectivity index (χ2v) is 8.34. The molecule has 3 rings (SSSR count). The Morgan fingerprint density at radius 2 is 1.65 bits per heavy atom. The van der Waals surface area contributed by atoms with Gasteiger partial charge in [-0.3, -0.25) is 14.6 Å². The molecule has 2 aromatic rings. The molecule has 0 aliphatic carbocycles. The van der Waals surface area contributed by atoms with Crippen LogP contribution in [0.4, 0.5) is 0 Å². The summed E-state index contributed by atoms with van der Waals surface area (Å²) in [5.41, 5.74) is 1.23. The van der Waals surface area contributed by atoms with Crippen LogP contribution in [-0.2, 0) is 11.3 Å². The highest BCUT2D eigenvalue weighted by Crippen LogP contribution is 2.20. The van der Waals surface area contributed by atoms with Crippen LogP contribution in [0.2, 0.25) is 0 Å². The van der Waals surface area contributed by atoms with Crippen molar-refractivity contribution in [3.63, 3.8) is 0 Å². The Kier molecular flexibility index (Phi) is 5.94. The Morgan fingerprint density at radius 3 is 2.46 bits per heavy atom. The van der Waals surface area contributed by atoms with E-state index in [9.17, 15) is 4.79 Å². The van der Waals surface area contributed by atoms with Crippen LogP contribution in [0.1, 0.15) is 32.8 Å². The van der Waals surface area contributed by atoms with Gasteiger partial charge in [0.25, 0.3) is 0 Å². The van der Waals surface area contributed by atoms with Crippen LogP contribution >= 0.6 is 0 Å². The molecule has 2 aromatic carbocycles. The van der Waals surface area contributed by atoms with E-state index in [1.165, 1.54) is 16.3 Å². The van der Waals surface area contributed by atoms with Crippen LogP contribution in [-0.4, -0.2) is 54.0 Å². The molecule has 26 heavy (non-hydrogen) atoms. The van der Waals surface area contributed by atoms with Crippen molar-refractivity contribution in [2.24, 2.45) is 0 Å². The average Bonchev–Trinajstić information content (AvgIpc) is 2.79. The molecule has 0 unspecified atom stereocenters. The largest absolute Gasteiger partial charge is 0.350 e. The summed E-state index contributed by atoms with van der Waals surface area (Å²) in [5.74, 6) is 0.125. The Bertz CT molecular complexity index is 745. The lowest BCUT2D eigenvalue weighted by Gasteiger charge is -2.25. The van der Waals surface area contributed by atoms with Gasteiger partial charge in [-0.15, -0.1) is 0 Å². The maximum absolute atomic E-state index is 12.2. The van der Waals surface area contributed by atoms with Crippen molar-refractivity contribution in [2.45, 2.75) is 39.3 Å². The van der Waals surface area contributed by atoms with Crippen molar-refractivity contribution in [3.8, 4) is 0 Å². The van der Waals surface area contributed by atoms with Gasteiger partial charge in [0.15, 0.2) is 0 Å². The Labute approximate surface area is 157 Å². The summed E-state index contributed by atoms with van der Waals surface area (Å²) in [4.78, 5) is 17.0. The first-order valence-corrected chi connectivity index (χ1v) is 9.63. The number of nitrogens with one attached hydrogen (secondary N) is 1. The van der Waals surface area contributed by atoms with Crippen LogP contribution in [0.15, 0.2) is 42.5 Å². The molecule has 0 atom stereocenters. The number of hydrogen-bond donors (Lipinski definition) is 1. The van der Waals surface area contributed by atoms with E-state index in [1.807, 2.05) is 20.8 Å². The molecular formula is C22H31N3O. The Morgan fingerprint density at radius 1 is 0.962 bits per heavy atom. The van der Waals surface area contributed by atoms with Crippen LogP contribution in [0, 0.1) is 0 Å². The zero-order valence-corrected chi connectivity index (χ0v) is 16.3. The highest BCUT2D eigenvalue weighted by molar-refractivity contribution is 5.85. The molecule has 0 spiro atoms. The number of rotatable bonds is 4. The normalized spacial score (nSPS) is 17.2. The molecule has 0 bridgehead atoms. The number of carbonyl (C=O) groups is 1. The van der Waals surface area contributed by atoms with Gasteiger partial charge in [-0.25, -0.2) is 0 Å². The quantitative estimate of drug-likeness (QED) is 0.916. The second kappa shape index (κ2) is 8.19. The summed E-state index contributed by atoms with van der Waals surface area (Å²) < 4.78 is 0. The SMILES string of the molecule is CC(C)(C)NC(=O)CN1CCCN(Cc2cccc3ccccc23)CC1. The predicted molar refractivity (Wildman–Crippen MR) is 108 cm³/mol. The highest BCUT2D eigenvalue weighted by atomic mass is 16.2. The molecule has 0 saturated carbocycles. The van der Waals surface area contributed by atoms with Crippen molar-refractivity contribution in [1.29, 1.82) is 0 Å². The standard InChI is InChI=1S/C22H31N3O/c1-22(2,3)23-21(26)17-25-13-7-12-24(14-15-25)16-19-10-6-9-18-8-4-5-11-20(18)19/h4-6,8-11H,7,12-17H2,1-3H3,(H,23,26). The minimum atomic E-state index is -0.163. The molecule has 1 heterocycles. The molecule has 1 fully saturated rings. The smallest absolute Gasteiger partial charge is 0.234 e. The fourth-order valence-electron chi connectivity index (χ4n) is 3.67. The first-order valence-electron chi connectivity index (χ1n) is 9.63. The van der Waals surface area contributed by atoms with Gasteiger partial charge >= 0.3 is 0 Å². The van der Waals surface area contributed by atoms with Gasteiger partial charge in [-0.05, 0) is 56.6 Å². The van der Waals surface area contributed by atoms with Crippen molar-refractivity contribution in [3.05, 3.63) is 48.0 Å². The lowest BCUT2D eigenvalue weighted by molar-refractivity contribution is -0.123. The molecular weight excluding hydrogens is 322 g/mol. The van der Waals surface area contributed by atoms with Crippen LogP contribution in [0.3, 0.4) is 0 Å². The fourth-order valence-corrected chi connectivity index (χ4v) is 3.67. The summed E-state index contributed by atoms with van der Waals surface area (Å²) in [5, 5.41) is 5.72. The van der Waals surface area contributed by atoms with Crippen LogP contribution in [0.5, 0.6) is 0 Å². The van der Waals surface area contributed by atoms with E-state index >= 15 is 0 Å². The number of nitrogens with zero attached hydrogens (tertiary/aromatic N) is 2. The molecule has 1 saturated heterocycles. The Balaban J connectivity index is 1.58. The third-order valence-electron chi connectivity index (χ3n) is 4.84. The van der Waals surface area contributed by atoms with Gasteiger partial charge < -0.3 is 5.32 Å². The molecule has 1 aliphatic rings. The number of benzene rings is 2. The van der Waals surface area contributed by atoms with Crippen molar-refractivity contribution in [2.75, 3.05) is 32.7 Å². The van der Waals surface area contributed by atoms with Gasteiger partial charge in [0, 0.05) is 25.2 Å². The Hall–Kier alpha value is -1.91. The molecule has 0 aromatic heterocycles. The van der Waals surface area contributed by atoms with Crippen LogP contribution in [0.25, 0.3) is 10.8 Å². The van der Waals surface area contributed by atoms with Crippen molar-refractivity contribution < 1.29 is 4.79 Å². The molecule has 4 nitrogen and oxygen atoms in total. The minimum Gasteiger partial charge on any atom is -0.350 e. The number of carbonyl (C=O) groups excluding carboxylic acids is 1.